The highest BCUT2D eigenvalue weighted by Crippen LogP contribution is 2.28. The van der Waals surface area contributed by atoms with Crippen molar-refractivity contribution < 1.29 is 25.5 Å². The van der Waals surface area contributed by atoms with E-state index in [0.717, 1.165) is 0 Å². The maximum atomic E-state index is 9.47. The van der Waals surface area contributed by atoms with Crippen molar-refractivity contribution in [1.29, 1.82) is 0 Å². The van der Waals surface area contributed by atoms with Crippen molar-refractivity contribution in [2.45, 2.75) is 36.8 Å². The van der Waals surface area contributed by atoms with E-state index >= 15 is 0 Å². The van der Waals surface area contributed by atoms with Crippen LogP contribution in [0.3, 0.4) is 0 Å². The summed E-state index contributed by atoms with van der Waals surface area (Å²) >= 11 is 0. The van der Waals surface area contributed by atoms with Gasteiger partial charge in [0.2, 0.25) is 0 Å². The average Bonchev–Trinajstić information content (AvgIpc) is 2.09. The molecule has 5 N–H and O–H groups in total. The van der Waals surface area contributed by atoms with E-state index in [1.54, 1.807) is 0 Å². The monoisotopic (exact) mass is 178 g/mol. The van der Waals surface area contributed by atoms with Gasteiger partial charge < -0.3 is 25.5 Å². The van der Waals surface area contributed by atoms with Gasteiger partial charge in [0.25, 0.3) is 0 Å². The third-order valence-electron chi connectivity index (χ3n) is 2.42. The Bertz CT molecular complexity index is 162. The van der Waals surface area contributed by atoms with E-state index in [1.807, 2.05) is 0 Å². The van der Waals surface area contributed by atoms with Crippen molar-refractivity contribution in [2.75, 3.05) is 6.61 Å². The van der Waals surface area contributed by atoms with Gasteiger partial charge in [0.15, 0.2) is 0 Å². The normalized spacial score (nSPS) is 49.2. The smallest absolute Gasteiger partial charge is 0.116 e. The predicted molar refractivity (Wildman–Crippen MR) is 39.3 cm³/mol. The molecule has 72 valence electrons. The van der Waals surface area contributed by atoms with Gasteiger partial charge in [-0.1, -0.05) is 0 Å². The number of hydrogen-bond donors (Lipinski definition) is 5. The molecule has 0 aromatic heterocycles. The van der Waals surface area contributed by atoms with Crippen LogP contribution in [0.2, 0.25) is 0 Å². The Kier molecular flexibility index (Phi) is 2.70. The molecule has 0 bridgehead atoms. The lowest BCUT2D eigenvalue weighted by Crippen LogP contribution is -2.59. The van der Waals surface area contributed by atoms with Gasteiger partial charge in [-0.15, -0.1) is 0 Å². The van der Waals surface area contributed by atoms with Gasteiger partial charge in [0, 0.05) is 0 Å². The fraction of sp³-hybridized carbons (Fsp3) is 1.00. The topological polar surface area (TPSA) is 101 Å². The summed E-state index contributed by atoms with van der Waals surface area (Å²) in [6.07, 6.45) is -3.62. The molecule has 5 heteroatoms. The maximum Gasteiger partial charge on any atom is 0.116 e. The van der Waals surface area contributed by atoms with Crippen molar-refractivity contribution in [1.82, 2.24) is 0 Å². The second-order valence-electron chi connectivity index (χ2n) is 3.30. The summed E-state index contributed by atoms with van der Waals surface area (Å²) in [4.78, 5) is 0. The zero-order valence-corrected chi connectivity index (χ0v) is 6.59. The number of aliphatic hydroxyl groups excluding tert-OH is 4. The van der Waals surface area contributed by atoms with Crippen LogP contribution in [-0.4, -0.2) is 56.1 Å². The van der Waals surface area contributed by atoms with E-state index in [0.29, 0.717) is 0 Å². The largest absolute Gasteiger partial charge is 0.393 e. The van der Waals surface area contributed by atoms with Crippen LogP contribution < -0.4 is 0 Å². The molecule has 1 aliphatic carbocycles. The van der Waals surface area contributed by atoms with Gasteiger partial charge in [-0.2, -0.15) is 0 Å². The van der Waals surface area contributed by atoms with E-state index in [9.17, 15) is 10.2 Å². The molecule has 0 heterocycles. The minimum atomic E-state index is -1.67. The first-order valence-electron chi connectivity index (χ1n) is 3.89. The minimum absolute atomic E-state index is 0.0862. The van der Waals surface area contributed by atoms with Crippen molar-refractivity contribution in [2.24, 2.45) is 0 Å². The quantitative estimate of drug-likeness (QED) is 0.308. The van der Waals surface area contributed by atoms with Crippen LogP contribution in [0, 0.1) is 0 Å². The van der Waals surface area contributed by atoms with Crippen molar-refractivity contribution in [3.63, 3.8) is 0 Å². The molecule has 0 radical (unpaired) electrons. The van der Waals surface area contributed by atoms with Gasteiger partial charge >= 0.3 is 0 Å². The second-order valence-corrected chi connectivity index (χ2v) is 3.30. The fourth-order valence-corrected chi connectivity index (χ4v) is 1.42. The Morgan fingerprint density at radius 1 is 1.25 bits per heavy atom. The molecule has 5 nitrogen and oxygen atoms in total. The predicted octanol–water partition coefficient (Wildman–Crippen LogP) is -2.41. The van der Waals surface area contributed by atoms with E-state index in [2.05, 4.69) is 0 Å². The standard InChI is InChI=1S/C7H14O5/c8-3-7(12)2-1-4(9)5(10)6(7)11/h4-6,8-12H,1-3H2/t4-,5-,6-,7+/m0/s1. The molecule has 0 saturated heterocycles. The molecule has 0 unspecified atom stereocenters. The maximum absolute atomic E-state index is 9.47. The Morgan fingerprint density at radius 2 is 1.83 bits per heavy atom. The molecule has 0 spiro atoms. The lowest BCUT2D eigenvalue weighted by molar-refractivity contribution is -0.197. The Hall–Kier alpha value is -0.200. The summed E-state index contributed by atoms with van der Waals surface area (Å²) in [5.41, 5.74) is -1.67. The molecule has 4 atom stereocenters. The van der Waals surface area contributed by atoms with Crippen LogP contribution in [-0.2, 0) is 0 Å². The lowest BCUT2D eigenvalue weighted by Gasteiger charge is -2.40. The lowest BCUT2D eigenvalue weighted by atomic mass is 9.79. The molecule has 1 fully saturated rings. The van der Waals surface area contributed by atoms with Crippen LogP contribution in [0.15, 0.2) is 0 Å². The Balaban J connectivity index is 2.71. The molecular formula is C7H14O5. The van der Waals surface area contributed by atoms with E-state index < -0.39 is 30.5 Å². The van der Waals surface area contributed by atoms with Gasteiger partial charge in [-0.05, 0) is 12.8 Å². The summed E-state index contributed by atoms with van der Waals surface area (Å²) < 4.78 is 0. The molecule has 0 amide bonds. The van der Waals surface area contributed by atoms with Crippen molar-refractivity contribution >= 4 is 0 Å². The van der Waals surface area contributed by atoms with Crippen molar-refractivity contribution in [3.05, 3.63) is 0 Å². The zero-order valence-electron chi connectivity index (χ0n) is 6.59. The van der Waals surface area contributed by atoms with Crippen LogP contribution in [0.1, 0.15) is 12.8 Å². The minimum Gasteiger partial charge on any atom is -0.393 e. The molecular weight excluding hydrogens is 164 g/mol. The molecule has 0 aliphatic heterocycles. The second kappa shape index (κ2) is 3.27. The zero-order chi connectivity index (χ0) is 9.35. The number of hydrogen-bond acceptors (Lipinski definition) is 5. The summed E-state index contributed by atoms with van der Waals surface area (Å²) in [5, 5.41) is 45.6. The summed E-state index contributed by atoms with van der Waals surface area (Å²) in [6, 6.07) is 0. The molecule has 1 rings (SSSR count). The summed E-state index contributed by atoms with van der Waals surface area (Å²) in [7, 11) is 0. The summed E-state index contributed by atoms with van der Waals surface area (Å²) in [5.74, 6) is 0. The van der Waals surface area contributed by atoms with Gasteiger partial charge in [0.1, 0.15) is 17.8 Å². The van der Waals surface area contributed by atoms with Crippen LogP contribution in [0.4, 0.5) is 0 Å². The summed E-state index contributed by atoms with van der Waals surface area (Å²) in [6.45, 7) is -0.613. The van der Waals surface area contributed by atoms with Crippen LogP contribution in [0.25, 0.3) is 0 Å². The highest BCUT2D eigenvalue weighted by Gasteiger charge is 2.46. The first kappa shape index (κ1) is 9.88. The van der Waals surface area contributed by atoms with E-state index in [4.69, 9.17) is 15.3 Å². The third kappa shape index (κ3) is 1.46. The highest BCUT2D eigenvalue weighted by molar-refractivity contribution is 4.97. The van der Waals surface area contributed by atoms with Crippen LogP contribution >= 0.6 is 0 Å². The Labute approximate surface area is 69.9 Å². The van der Waals surface area contributed by atoms with E-state index in [-0.39, 0.29) is 12.8 Å². The molecule has 1 aliphatic rings. The molecule has 0 aromatic rings. The highest BCUT2D eigenvalue weighted by atomic mass is 16.4. The third-order valence-corrected chi connectivity index (χ3v) is 2.42. The SMILES string of the molecule is OC[C@]1(O)CC[C@H](O)[C@H](O)[C@@H]1O. The fourth-order valence-electron chi connectivity index (χ4n) is 1.42. The van der Waals surface area contributed by atoms with E-state index in [1.165, 1.54) is 0 Å². The molecule has 1 saturated carbocycles. The number of rotatable bonds is 1. The van der Waals surface area contributed by atoms with Gasteiger partial charge in [-0.25, -0.2) is 0 Å². The average molecular weight is 178 g/mol. The van der Waals surface area contributed by atoms with Crippen molar-refractivity contribution in [3.8, 4) is 0 Å². The first-order valence-corrected chi connectivity index (χ1v) is 3.89. The van der Waals surface area contributed by atoms with Crippen LogP contribution in [0.5, 0.6) is 0 Å². The van der Waals surface area contributed by atoms with Gasteiger partial charge in [0.05, 0.1) is 12.7 Å². The first-order chi connectivity index (χ1) is 5.51. The Morgan fingerprint density at radius 3 is 2.33 bits per heavy atom. The number of aliphatic hydroxyl groups is 5. The molecule has 12 heavy (non-hydrogen) atoms. The van der Waals surface area contributed by atoms with Gasteiger partial charge in [-0.3, -0.25) is 0 Å². The molecule has 0 aromatic carbocycles.